The Bertz CT molecular complexity index is 1210. The van der Waals surface area contributed by atoms with Crippen molar-refractivity contribution in [2.24, 2.45) is 4.99 Å². The lowest BCUT2D eigenvalue weighted by Crippen LogP contribution is -2.26. The van der Waals surface area contributed by atoms with Crippen molar-refractivity contribution in [3.63, 3.8) is 0 Å². The third-order valence-corrected chi connectivity index (χ3v) is 6.32. The van der Waals surface area contributed by atoms with Gasteiger partial charge in [0.05, 0.1) is 11.3 Å². The van der Waals surface area contributed by atoms with Crippen LogP contribution in [0.2, 0.25) is 0 Å². The third kappa shape index (κ3) is 3.35. The molecule has 3 aromatic carbocycles. The standard InChI is InChI=1S/C25H19FN2OS/c1-15-9-11-17(12-10-15)22-21-23(19-7-2-3-8-20(19)24(21)29)28-25(27-22)30-14-16-5-4-6-18(26)13-16/h2-13,22H,14H2,1H3,(H,27,28)/t22-/m1/s1. The maximum atomic E-state index is 13.5. The second-order valence-corrected chi connectivity index (χ2v) is 8.42. The Morgan fingerprint density at radius 3 is 2.53 bits per heavy atom. The Hall–Kier alpha value is -3.18. The van der Waals surface area contributed by atoms with Crippen LogP contribution in [0.5, 0.6) is 0 Å². The lowest BCUT2D eigenvalue weighted by atomic mass is 9.95. The molecule has 0 radical (unpaired) electrons. The minimum atomic E-state index is -0.364. The summed E-state index contributed by atoms with van der Waals surface area (Å²) in [5.41, 5.74) is 6.17. The van der Waals surface area contributed by atoms with Gasteiger partial charge in [0.1, 0.15) is 11.9 Å². The molecule has 0 saturated heterocycles. The van der Waals surface area contributed by atoms with Crippen molar-refractivity contribution in [3.05, 3.63) is 112 Å². The topological polar surface area (TPSA) is 41.5 Å². The molecule has 3 aromatic rings. The molecule has 5 rings (SSSR count). The lowest BCUT2D eigenvalue weighted by Gasteiger charge is -2.24. The number of amidine groups is 1. The first-order valence-corrected chi connectivity index (χ1v) is 10.8. The fourth-order valence-electron chi connectivity index (χ4n) is 3.86. The fourth-order valence-corrected chi connectivity index (χ4v) is 4.70. The third-order valence-electron chi connectivity index (χ3n) is 5.36. The van der Waals surface area contributed by atoms with E-state index in [1.165, 1.54) is 23.9 Å². The number of aryl methyl sites for hydroxylation is 1. The average Bonchev–Trinajstić information content (AvgIpc) is 3.05. The van der Waals surface area contributed by atoms with E-state index < -0.39 is 0 Å². The van der Waals surface area contributed by atoms with Gasteiger partial charge in [-0.1, -0.05) is 78.0 Å². The first-order chi connectivity index (χ1) is 14.6. The number of ketones is 1. The van der Waals surface area contributed by atoms with Crippen LogP contribution in [-0.2, 0) is 5.75 Å². The second kappa shape index (κ2) is 7.58. The Morgan fingerprint density at radius 2 is 1.77 bits per heavy atom. The van der Waals surface area contributed by atoms with E-state index in [-0.39, 0.29) is 17.6 Å². The zero-order chi connectivity index (χ0) is 20.7. The summed E-state index contributed by atoms with van der Waals surface area (Å²) in [7, 11) is 0. The van der Waals surface area contributed by atoms with Gasteiger partial charge in [-0.15, -0.1) is 0 Å². The molecular weight excluding hydrogens is 395 g/mol. The van der Waals surface area contributed by atoms with Gasteiger partial charge in [-0.05, 0) is 30.2 Å². The number of fused-ring (bicyclic) bond motifs is 2. The molecule has 2 aliphatic rings. The predicted molar refractivity (Wildman–Crippen MR) is 120 cm³/mol. The number of Topliss-reactive ketones (excluding diaryl/α,β-unsaturated/α-hetero) is 1. The average molecular weight is 415 g/mol. The molecule has 0 saturated carbocycles. The van der Waals surface area contributed by atoms with Gasteiger partial charge < -0.3 is 5.32 Å². The van der Waals surface area contributed by atoms with Gasteiger partial charge in [0, 0.05) is 16.9 Å². The zero-order valence-electron chi connectivity index (χ0n) is 16.4. The second-order valence-electron chi connectivity index (χ2n) is 7.45. The molecule has 148 valence electrons. The quantitative estimate of drug-likeness (QED) is 0.600. The summed E-state index contributed by atoms with van der Waals surface area (Å²) in [5.74, 6) is 0.365. The van der Waals surface area contributed by atoms with Crippen LogP contribution in [0.4, 0.5) is 4.39 Å². The van der Waals surface area contributed by atoms with Crippen molar-refractivity contribution in [2.75, 3.05) is 0 Å². The van der Waals surface area contributed by atoms with Crippen molar-refractivity contribution in [3.8, 4) is 0 Å². The van der Waals surface area contributed by atoms with Gasteiger partial charge in [0.15, 0.2) is 11.0 Å². The maximum absolute atomic E-state index is 13.5. The molecule has 0 unspecified atom stereocenters. The van der Waals surface area contributed by atoms with E-state index in [2.05, 4.69) is 5.32 Å². The molecule has 5 heteroatoms. The number of rotatable bonds is 3. The highest BCUT2D eigenvalue weighted by molar-refractivity contribution is 8.13. The number of nitrogens with zero attached hydrogens (tertiary/aromatic N) is 1. The molecule has 0 amide bonds. The number of hydrogen-bond acceptors (Lipinski definition) is 4. The van der Waals surface area contributed by atoms with Crippen molar-refractivity contribution in [2.45, 2.75) is 18.7 Å². The summed E-state index contributed by atoms with van der Waals surface area (Å²) in [6, 6.07) is 22.0. The predicted octanol–water partition coefficient (Wildman–Crippen LogP) is 5.68. The highest BCUT2D eigenvalue weighted by Gasteiger charge is 2.38. The maximum Gasteiger partial charge on any atom is 0.194 e. The van der Waals surface area contributed by atoms with Crippen LogP contribution in [-0.4, -0.2) is 11.0 Å². The summed E-state index contributed by atoms with van der Waals surface area (Å²) in [5, 5.41) is 4.11. The van der Waals surface area contributed by atoms with E-state index >= 15 is 0 Å². The smallest absolute Gasteiger partial charge is 0.194 e. The Balaban J connectivity index is 1.52. The largest absolute Gasteiger partial charge is 0.334 e. The van der Waals surface area contributed by atoms with Gasteiger partial charge >= 0.3 is 0 Å². The molecule has 1 N–H and O–H groups in total. The molecule has 3 nitrogen and oxygen atoms in total. The summed E-state index contributed by atoms with van der Waals surface area (Å²) >= 11 is 1.51. The molecule has 0 fully saturated rings. The van der Waals surface area contributed by atoms with E-state index in [4.69, 9.17) is 4.99 Å². The minimum absolute atomic E-state index is 0.0246. The van der Waals surface area contributed by atoms with Crippen LogP contribution in [0.1, 0.15) is 38.7 Å². The molecule has 0 spiro atoms. The SMILES string of the molecule is Cc1ccc([C@H]2N=C(SCc3cccc(F)c3)NC3=C2C(=O)c2ccccc23)cc1. The number of thioether (sulfide) groups is 1. The number of carbonyl (C=O) groups excluding carboxylic acids is 1. The molecule has 0 aromatic heterocycles. The van der Waals surface area contributed by atoms with Gasteiger partial charge in [-0.25, -0.2) is 9.38 Å². The van der Waals surface area contributed by atoms with Crippen molar-refractivity contribution >= 4 is 28.4 Å². The van der Waals surface area contributed by atoms with Crippen LogP contribution >= 0.6 is 11.8 Å². The van der Waals surface area contributed by atoms with Gasteiger partial charge in [0.2, 0.25) is 0 Å². The summed E-state index contributed by atoms with van der Waals surface area (Å²) < 4.78 is 13.5. The van der Waals surface area contributed by atoms with E-state index in [0.717, 1.165) is 33.1 Å². The number of aliphatic imine (C=N–C) groups is 1. The Morgan fingerprint density at radius 1 is 1.00 bits per heavy atom. The summed E-state index contributed by atoms with van der Waals surface area (Å²) in [6.45, 7) is 2.04. The van der Waals surface area contributed by atoms with Crippen molar-refractivity contribution in [1.82, 2.24) is 5.32 Å². The molecule has 30 heavy (non-hydrogen) atoms. The molecule has 1 heterocycles. The number of nitrogens with one attached hydrogen (secondary N) is 1. The van der Waals surface area contributed by atoms with Crippen molar-refractivity contribution < 1.29 is 9.18 Å². The highest BCUT2D eigenvalue weighted by atomic mass is 32.2. The van der Waals surface area contributed by atoms with Crippen LogP contribution in [0.3, 0.4) is 0 Å². The first kappa shape index (κ1) is 18.8. The van der Waals surface area contributed by atoms with Gasteiger partial charge in [-0.2, -0.15) is 0 Å². The van der Waals surface area contributed by atoms with Crippen LogP contribution in [0.15, 0.2) is 83.4 Å². The summed E-state index contributed by atoms with van der Waals surface area (Å²) in [4.78, 5) is 18.1. The molecule has 1 atom stereocenters. The number of halogens is 1. The number of benzene rings is 3. The van der Waals surface area contributed by atoms with Crippen LogP contribution in [0.25, 0.3) is 5.70 Å². The van der Waals surface area contributed by atoms with Crippen LogP contribution < -0.4 is 5.32 Å². The van der Waals surface area contributed by atoms with E-state index in [1.54, 1.807) is 6.07 Å². The number of carbonyl (C=O) groups is 1. The van der Waals surface area contributed by atoms with E-state index in [9.17, 15) is 9.18 Å². The fraction of sp³-hybridized carbons (Fsp3) is 0.120. The van der Waals surface area contributed by atoms with Crippen LogP contribution in [0, 0.1) is 12.7 Å². The molecule has 1 aliphatic carbocycles. The van der Waals surface area contributed by atoms with E-state index in [0.29, 0.717) is 16.9 Å². The highest BCUT2D eigenvalue weighted by Crippen LogP contribution is 2.43. The molecular formula is C25H19FN2OS. The molecule has 1 aliphatic heterocycles. The van der Waals surface area contributed by atoms with E-state index in [1.807, 2.05) is 61.5 Å². The lowest BCUT2D eigenvalue weighted by molar-refractivity contribution is 0.103. The zero-order valence-corrected chi connectivity index (χ0v) is 17.2. The monoisotopic (exact) mass is 414 g/mol. The first-order valence-electron chi connectivity index (χ1n) is 9.77. The molecule has 0 bridgehead atoms. The minimum Gasteiger partial charge on any atom is -0.334 e. The van der Waals surface area contributed by atoms with Gasteiger partial charge in [-0.3, -0.25) is 4.79 Å². The number of hydrogen-bond donors (Lipinski definition) is 1. The van der Waals surface area contributed by atoms with Gasteiger partial charge in [0.25, 0.3) is 0 Å². The van der Waals surface area contributed by atoms with Crippen molar-refractivity contribution in [1.29, 1.82) is 0 Å². The normalized spacial score (nSPS) is 17.3. The Labute approximate surface area is 178 Å². The Kier molecular flexibility index (Phi) is 4.75. The summed E-state index contributed by atoms with van der Waals surface area (Å²) in [6.07, 6.45) is 0.